The second-order valence-corrected chi connectivity index (χ2v) is 4.20. The second kappa shape index (κ2) is 6.42. The summed E-state index contributed by atoms with van der Waals surface area (Å²) < 4.78 is 0. The maximum atomic E-state index is 11.9. The minimum Gasteiger partial charge on any atom is -0.342 e. The Kier molecular flexibility index (Phi) is 4.90. The molecule has 0 radical (unpaired) electrons. The number of carbonyl (C=O) groups is 1. The summed E-state index contributed by atoms with van der Waals surface area (Å²) in [5, 5.41) is 17.3. The molecule has 0 aliphatic carbocycles. The molecule has 4 nitrogen and oxygen atoms in total. The van der Waals surface area contributed by atoms with Crippen molar-refractivity contribution in [2.24, 2.45) is 0 Å². The molecule has 1 unspecified atom stereocenters. The van der Waals surface area contributed by atoms with Gasteiger partial charge >= 0.3 is 0 Å². The van der Waals surface area contributed by atoms with E-state index in [4.69, 9.17) is 10.5 Å². The lowest BCUT2D eigenvalue weighted by atomic mass is 10.1. The molecule has 0 spiro atoms. The molecule has 0 bridgehead atoms. The van der Waals surface area contributed by atoms with Gasteiger partial charge in [0.25, 0.3) is 0 Å². The maximum Gasteiger partial charge on any atom is 0.227 e. The first kappa shape index (κ1) is 13.7. The maximum absolute atomic E-state index is 11.9. The molecular formula is C14H15N3O. The van der Waals surface area contributed by atoms with Gasteiger partial charge in [-0.05, 0) is 24.6 Å². The first-order valence-electron chi connectivity index (χ1n) is 5.70. The molecule has 0 aliphatic rings. The van der Waals surface area contributed by atoms with E-state index >= 15 is 0 Å². The van der Waals surface area contributed by atoms with Crippen LogP contribution in [0, 0.1) is 22.7 Å². The zero-order chi connectivity index (χ0) is 13.5. The zero-order valence-corrected chi connectivity index (χ0v) is 10.6. The Morgan fingerprint density at radius 2 is 1.94 bits per heavy atom. The van der Waals surface area contributed by atoms with E-state index in [1.54, 1.807) is 36.2 Å². The summed E-state index contributed by atoms with van der Waals surface area (Å²) in [6.07, 6.45) is 0.619. The molecule has 0 heterocycles. The molecular weight excluding hydrogens is 226 g/mol. The molecule has 4 heteroatoms. The standard InChI is InChI=1S/C14H15N3O/c1-11(7-8-15)17(2)14(18)9-12-3-5-13(10-16)6-4-12/h3-6,11H,7,9H2,1-2H3. The predicted octanol–water partition coefficient (Wildman–Crippen LogP) is 1.86. The summed E-state index contributed by atoms with van der Waals surface area (Å²) >= 11 is 0. The summed E-state index contributed by atoms with van der Waals surface area (Å²) in [6.45, 7) is 1.85. The molecule has 1 aromatic rings. The van der Waals surface area contributed by atoms with Crippen LogP contribution in [0.15, 0.2) is 24.3 Å². The molecule has 0 N–H and O–H groups in total. The Bertz CT molecular complexity index is 493. The van der Waals surface area contributed by atoms with Crippen LogP contribution in [-0.2, 0) is 11.2 Å². The summed E-state index contributed by atoms with van der Waals surface area (Å²) in [5.74, 6) is -0.0255. The number of amides is 1. The third-order valence-electron chi connectivity index (χ3n) is 2.88. The topological polar surface area (TPSA) is 67.9 Å². The number of carbonyl (C=O) groups excluding carboxylic acids is 1. The molecule has 1 aromatic carbocycles. The fourth-order valence-electron chi connectivity index (χ4n) is 1.51. The van der Waals surface area contributed by atoms with Gasteiger partial charge in [-0.1, -0.05) is 12.1 Å². The van der Waals surface area contributed by atoms with Crippen molar-refractivity contribution in [2.45, 2.75) is 25.8 Å². The van der Waals surface area contributed by atoms with Gasteiger partial charge in [0.2, 0.25) is 5.91 Å². The van der Waals surface area contributed by atoms with Crippen molar-refractivity contribution in [2.75, 3.05) is 7.05 Å². The van der Waals surface area contributed by atoms with Gasteiger partial charge in [-0.25, -0.2) is 0 Å². The fourth-order valence-corrected chi connectivity index (χ4v) is 1.51. The molecule has 0 aliphatic heterocycles. The summed E-state index contributed by atoms with van der Waals surface area (Å²) in [6, 6.07) is 10.9. The molecule has 92 valence electrons. The first-order chi connectivity index (χ1) is 8.58. The van der Waals surface area contributed by atoms with Crippen LogP contribution in [0.3, 0.4) is 0 Å². The fraction of sp³-hybridized carbons (Fsp3) is 0.357. The van der Waals surface area contributed by atoms with Crippen molar-refractivity contribution >= 4 is 5.91 Å². The molecule has 18 heavy (non-hydrogen) atoms. The number of benzene rings is 1. The van der Waals surface area contributed by atoms with Crippen molar-refractivity contribution in [3.8, 4) is 12.1 Å². The lowest BCUT2D eigenvalue weighted by molar-refractivity contribution is -0.130. The van der Waals surface area contributed by atoms with E-state index < -0.39 is 0 Å². The Balaban J connectivity index is 2.64. The van der Waals surface area contributed by atoms with Crippen LogP contribution in [0.25, 0.3) is 0 Å². The SMILES string of the molecule is CC(CC#N)N(C)C(=O)Cc1ccc(C#N)cc1. The van der Waals surface area contributed by atoms with Gasteiger partial charge in [-0.2, -0.15) is 10.5 Å². The van der Waals surface area contributed by atoms with Crippen LogP contribution >= 0.6 is 0 Å². The van der Waals surface area contributed by atoms with Gasteiger partial charge < -0.3 is 4.90 Å². The molecule has 0 saturated carbocycles. The van der Waals surface area contributed by atoms with Crippen molar-refractivity contribution in [3.05, 3.63) is 35.4 Å². The highest BCUT2D eigenvalue weighted by Gasteiger charge is 2.15. The van der Waals surface area contributed by atoms with Crippen LogP contribution in [0.2, 0.25) is 0 Å². The Labute approximate surface area is 107 Å². The lowest BCUT2D eigenvalue weighted by Gasteiger charge is -2.22. The van der Waals surface area contributed by atoms with E-state index in [0.717, 1.165) is 5.56 Å². The lowest BCUT2D eigenvalue weighted by Crippen LogP contribution is -2.35. The number of likely N-dealkylation sites (N-methyl/N-ethyl adjacent to an activating group) is 1. The minimum atomic E-state index is -0.0825. The van der Waals surface area contributed by atoms with Crippen LogP contribution in [-0.4, -0.2) is 23.9 Å². The Morgan fingerprint density at radius 3 is 2.44 bits per heavy atom. The third-order valence-corrected chi connectivity index (χ3v) is 2.88. The molecule has 1 rings (SSSR count). The van der Waals surface area contributed by atoms with Crippen molar-refractivity contribution in [3.63, 3.8) is 0 Å². The number of nitriles is 2. The average Bonchev–Trinajstić information content (AvgIpc) is 2.39. The van der Waals surface area contributed by atoms with Gasteiger partial charge in [0.15, 0.2) is 0 Å². The van der Waals surface area contributed by atoms with Gasteiger partial charge in [0, 0.05) is 13.1 Å². The zero-order valence-electron chi connectivity index (χ0n) is 10.6. The second-order valence-electron chi connectivity index (χ2n) is 4.20. The van der Waals surface area contributed by atoms with Gasteiger partial charge in [-0.15, -0.1) is 0 Å². The third kappa shape index (κ3) is 3.61. The summed E-state index contributed by atoms with van der Waals surface area (Å²) in [7, 11) is 1.70. The van der Waals surface area contributed by atoms with Gasteiger partial charge in [-0.3, -0.25) is 4.79 Å². The van der Waals surface area contributed by atoms with Crippen LogP contribution in [0.5, 0.6) is 0 Å². The molecule has 0 fully saturated rings. The van der Waals surface area contributed by atoms with E-state index in [1.165, 1.54) is 0 Å². The number of rotatable bonds is 4. The minimum absolute atomic E-state index is 0.0255. The van der Waals surface area contributed by atoms with Crippen molar-refractivity contribution in [1.82, 2.24) is 4.90 Å². The molecule has 1 amide bonds. The van der Waals surface area contributed by atoms with E-state index in [2.05, 4.69) is 6.07 Å². The average molecular weight is 241 g/mol. The number of hydrogen-bond acceptors (Lipinski definition) is 3. The van der Waals surface area contributed by atoms with Gasteiger partial charge in [0.05, 0.1) is 30.5 Å². The Hall–Kier alpha value is -2.33. The molecule has 1 atom stereocenters. The normalized spacial score (nSPS) is 11.1. The van der Waals surface area contributed by atoms with Crippen LogP contribution in [0.4, 0.5) is 0 Å². The summed E-state index contributed by atoms with van der Waals surface area (Å²) in [4.78, 5) is 13.5. The number of nitrogens with zero attached hydrogens (tertiary/aromatic N) is 3. The van der Waals surface area contributed by atoms with Gasteiger partial charge in [0.1, 0.15) is 0 Å². The quantitative estimate of drug-likeness (QED) is 0.808. The highest BCUT2D eigenvalue weighted by molar-refractivity contribution is 5.78. The smallest absolute Gasteiger partial charge is 0.227 e. The predicted molar refractivity (Wildman–Crippen MR) is 67.3 cm³/mol. The number of hydrogen-bond donors (Lipinski definition) is 0. The van der Waals surface area contributed by atoms with Crippen molar-refractivity contribution < 1.29 is 4.79 Å². The first-order valence-corrected chi connectivity index (χ1v) is 5.70. The highest BCUT2D eigenvalue weighted by Crippen LogP contribution is 2.08. The van der Waals surface area contributed by atoms with Crippen LogP contribution in [0.1, 0.15) is 24.5 Å². The Morgan fingerprint density at radius 1 is 1.33 bits per heavy atom. The molecule has 0 saturated heterocycles. The molecule has 0 aromatic heterocycles. The van der Waals surface area contributed by atoms with E-state index in [0.29, 0.717) is 12.0 Å². The van der Waals surface area contributed by atoms with Crippen molar-refractivity contribution in [1.29, 1.82) is 10.5 Å². The highest BCUT2D eigenvalue weighted by atomic mass is 16.2. The largest absolute Gasteiger partial charge is 0.342 e. The summed E-state index contributed by atoms with van der Waals surface area (Å²) in [5.41, 5.74) is 1.45. The monoisotopic (exact) mass is 241 g/mol. The van der Waals surface area contributed by atoms with E-state index in [1.807, 2.05) is 13.0 Å². The van der Waals surface area contributed by atoms with Crippen LogP contribution < -0.4 is 0 Å². The van der Waals surface area contributed by atoms with E-state index in [9.17, 15) is 4.79 Å². The van der Waals surface area contributed by atoms with E-state index in [-0.39, 0.29) is 18.4 Å².